The van der Waals surface area contributed by atoms with Gasteiger partial charge in [-0.05, 0) is 36.3 Å². The number of ether oxygens (including phenoxy) is 3. The minimum absolute atomic E-state index is 0.174. The lowest BCUT2D eigenvalue weighted by Crippen LogP contribution is -2.15. The van der Waals surface area contributed by atoms with Crippen molar-refractivity contribution in [3.05, 3.63) is 45.8 Å². The topological polar surface area (TPSA) is 115 Å². The maximum atomic E-state index is 12.7. The van der Waals surface area contributed by atoms with Crippen LogP contribution in [0.2, 0.25) is 0 Å². The van der Waals surface area contributed by atoms with E-state index in [9.17, 15) is 19.6 Å². The molecular weight excluding hydrogens is 432 g/mol. The molecule has 0 saturated carbocycles. The number of nitriles is 1. The van der Waals surface area contributed by atoms with Gasteiger partial charge in [-0.3, -0.25) is 9.59 Å². The summed E-state index contributed by atoms with van der Waals surface area (Å²) in [5, 5.41) is 12.5. The molecule has 2 rings (SSSR count). The van der Waals surface area contributed by atoms with Crippen LogP contribution in [0.5, 0.6) is 11.5 Å². The first-order valence-electron chi connectivity index (χ1n) is 9.89. The molecule has 168 valence electrons. The third kappa shape index (κ3) is 6.18. The summed E-state index contributed by atoms with van der Waals surface area (Å²) >= 11 is 1.27. The van der Waals surface area contributed by atoms with Gasteiger partial charge in [0.1, 0.15) is 16.6 Å². The van der Waals surface area contributed by atoms with Crippen LogP contribution in [-0.2, 0) is 20.7 Å². The Morgan fingerprint density at radius 2 is 1.91 bits per heavy atom. The predicted molar refractivity (Wildman–Crippen MR) is 121 cm³/mol. The second-order valence-corrected chi connectivity index (χ2v) is 7.70. The van der Waals surface area contributed by atoms with Gasteiger partial charge >= 0.3 is 11.9 Å². The van der Waals surface area contributed by atoms with Crippen molar-refractivity contribution >= 4 is 40.3 Å². The minimum Gasteiger partial charge on any atom is -0.493 e. The number of carbonyl (C=O) groups excluding carboxylic acids is 3. The third-order valence-corrected chi connectivity index (χ3v) is 5.40. The van der Waals surface area contributed by atoms with Crippen LogP contribution in [0.4, 0.5) is 5.00 Å². The van der Waals surface area contributed by atoms with Crippen LogP contribution in [0.1, 0.15) is 47.5 Å². The lowest BCUT2D eigenvalue weighted by molar-refractivity contribution is -0.134. The first-order chi connectivity index (χ1) is 15.4. The molecule has 9 heteroatoms. The number of nitrogens with one attached hydrogen (secondary N) is 1. The van der Waals surface area contributed by atoms with Gasteiger partial charge in [0.25, 0.3) is 5.91 Å². The van der Waals surface area contributed by atoms with Crippen LogP contribution in [0.15, 0.2) is 29.8 Å². The number of hydrogen-bond donors (Lipinski definition) is 1. The molecule has 32 heavy (non-hydrogen) atoms. The van der Waals surface area contributed by atoms with Crippen molar-refractivity contribution in [2.45, 2.75) is 33.1 Å². The van der Waals surface area contributed by atoms with Gasteiger partial charge in [-0.25, -0.2) is 4.79 Å². The Morgan fingerprint density at radius 1 is 1.16 bits per heavy atom. The van der Waals surface area contributed by atoms with Gasteiger partial charge in [-0.1, -0.05) is 26.3 Å². The van der Waals surface area contributed by atoms with E-state index < -0.39 is 17.8 Å². The van der Waals surface area contributed by atoms with E-state index in [1.54, 1.807) is 25.1 Å². The molecule has 0 spiro atoms. The Balaban J connectivity index is 2.31. The molecule has 0 bridgehead atoms. The molecule has 0 unspecified atom stereocenters. The van der Waals surface area contributed by atoms with Crippen molar-refractivity contribution in [2.24, 2.45) is 0 Å². The quantitative estimate of drug-likeness (QED) is 0.258. The number of carbonyl (C=O) groups is 3. The fraction of sp³-hybridized carbons (Fsp3) is 0.304. The molecule has 1 aromatic heterocycles. The first-order valence-corrected chi connectivity index (χ1v) is 10.7. The van der Waals surface area contributed by atoms with Gasteiger partial charge in [-0.2, -0.15) is 5.26 Å². The van der Waals surface area contributed by atoms with Gasteiger partial charge in [0, 0.05) is 11.3 Å². The van der Waals surface area contributed by atoms with Crippen LogP contribution >= 0.6 is 11.3 Å². The number of anilines is 1. The summed E-state index contributed by atoms with van der Waals surface area (Å²) in [4.78, 5) is 37.3. The third-order valence-electron chi connectivity index (χ3n) is 4.29. The average molecular weight is 457 g/mol. The zero-order valence-electron chi connectivity index (χ0n) is 18.3. The highest BCUT2D eigenvalue weighted by Gasteiger charge is 2.20. The first kappa shape index (κ1) is 24.6. The van der Waals surface area contributed by atoms with Gasteiger partial charge < -0.3 is 19.5 Å². The van der Waals surface area contributed by atoms with Crippen molar-refractivity contribution < 1.29 is 28.6 Å². The monoisotopic (exact) mass is 456 g/mol. The van der Waals surface area contributed by atoms with Gasteiger partial charge in [0.15, 0.2) is 11.5 Å². The molecule has 1 heterocycles. The number of aryl methyl sites for hydroxylation is 1. The Morgan fingerprint density at radius 3 is 2.50 bits per heavy atom. The van der Waals surface area contributed by atoms with Crippen LogP contribution in [0.3, 0.4) is 0 Å². The molecule has 0 atom stereocenters. The Kier molecular flexibility index (Phi) is 8.98. The van der Waals surface area contributed by atoms with Gasteiger partial charge in [0.05, 0.1) is 19.8 Å². The molecule has 2 aromatic rings. The summed E-state index contributed by atoms with van der Waals surface area (Å²) in [5.41, 5.74) is 0.567. The smallest absolute Gasteiger partial charge is 0.340 e. The van der Waals surface area contributed by atoms with Gasteiger partial charge in [-0.15, -0.1) is 11.3 Å². The largest absolute Gasteiger partial charge is 0.493 e. The molecule has 0 saturated heterocycles. The highest BCUT2D eigenvalue weighted by atomic mass is 32.1. The van der Waals surface area contributed by atoms with Crippen LogP contribution in [-0.4, -0.2) is 32.1 Å². The Bertz CT molecular complexity index is 1080. The number of amides is 1. The van der Waals surface area contributed by atoms with Gasteiger partial charge in [0.2, 0.25) is 0 Å². The van der Waals surface area contributed by atoms with Crippen LogP contribution in [0.25, 0.3) is 6.08 Å². The number of methoxy groups -OCH3 is 2. The number of rotatable bonds is 9. The normalized spacial score (nSPS) is 10.8. The predicted octanol–water partition coefficient (Wildman–Crippen LogP) is 4.36. The molecule has 0 aliphatic rings. The second-order valence-electron chi connectivity index (χ2n) is 6.56. The fourth-order valence-corrected chi connectivity index (χ4v) is 3.85. The molecular formula is C23H24N2O6S. The standard InChI is InChI=1S/C23H24N2O6S/c1-5-7-16-12-17(23(28)30-4)22(32-16)25-21(27)15(13-24)10-14-8-9-18(19(11-14)29-3)31-20(26)6-2/h8-12H,5-7H2,1-4H3,(H,25,27)/b15-10+. The molecule has 0 radical (unpaired) electrons. The SMILES string of the molecule is CCCc1cc(C(=O)OC)c(NC(=O)/C(C#N)=C/c2ccc(OC(=O)CC)c(OC)c2)s1. The number of hydrogen-bond acceptors (Lipinski definition) is 8. The van der Waals surface area contributed by atoms with Crippen molar-refractivity contribution in [3.63, 3.8) is 0 Å². The van der Waals surface area contributed by atoms with Crippen LogP contribution < -0.4 is 14.8 Å². The summed E-state index contributed by atoms with van der Waals surface area (Å²) in [6.45, 7) is 3.68. The summed E-state index contributed by atoms with van der Waals surface area (Å²) in [5.74, 6) is -1.12. The second kappa shape index (κ2) is 11.7. The summed E-state index contributed by atoms with van der Waals surface area (Å²) in [6, 6.07) is 8.22. The number of esters is 2. The van der Waals surface area contributed by atoms with E-state index in [1.165, 1.54) is 37.7 Å². The number of benzene rings is 1. The number of thiophene rings is 1. The molecule has 8 nitrogen and oxygen atoms in total. The maximum absolute atomic E-state index is 12.7. The van der Waals surface area contributed by atoms with E-state index in [4.69, 9.17) is 14.2 Å². The summed E-state index contributed by atoms with van der Waals surface area (Å²) in [6.07, 6.45) is 3.21. The molecule has 1 aromatic carbocycles. The molecule has 1 N–H and O–H groups in total. The average Bonchev–Trinajstić information content (AvgIpc) is 3.19. The van der Waals surface area contributed by atoms with Crippen molar-refractivity contribution in [1.29, 1.82) is 5.26 Å². The molecule has 0 aliphatic carbocycles. The summed E-state index contributed by atoms with van der Waals surface area (Å²) < 4.78 is 15.2. The van der Waals surface area contributed by atoms with Crippen molar-refractivity contribution in [2.75, 3.05) is 19.5 Å². The Hall–Kier alpha value is -3.64. The zero-order chi connectivity index (χ0) is 23.7. The number of nitrogens with zero attached hydrogens (tertiary/aromatic N) is 1. The zero-order valence-corrected chi connectivity index (χ0v) is 19.1. The van der Waals surface area contributed by atoms with Crippen molar-refractivity contribution in [3.8, 4) is 17.6 Å². The minimum atomic E-state index is -0.664. The fourth-order valence-electron chi connectivity index (χ4n) is 2.70. The van der Waals surface area contributed by atoms with Crippen molar-refractivity contribution in [1.82, 2.24) is 0 Å². The van der Waals surface area contributed by atoms with E-state index >= 15 is 0 Å². The molecule has 0 aliphatic heterocycles. The Labute approximate surface area is 190 Å². The van der Waals surface area contributed by atoms with E-state index in [2.05, 4.69) is 5.32 Å². The molecule has 1 amide bonds. The highest BCUT2D eigenvalue weighted by molar-refractivity contribution is 7.16. The maximum Gasteiger partial charge on any atom is 0.340 e. The lowest BCUT2D eigenvalue weighted by Gasteiger charge is -2.09. The molecule has 0 fully saturated rings. The lowest BCUT2D eigenvalue weighted by atomic mass is 10.1. The van der Waals surface area contributed by atoms with E-state index in [-0.39, 0.29) is 29.1 Å². The van der Waals surface area contributed by atoms with E-state index in [1.807, 2.05) is 13.0 Å². The summed E-state index contributed by atoms with van der Waals surface area (Å²) in [7, 11) is 2.68. The highest BCUT2D eigenvalue weighted by Crippen LogP contribution is 2.31. The van der Waals surface area contributed by atoms with E-state index in [0.29, 0.717) is 10.6 Å². The van der Waals surface area contributed by atoms with Crippen LogP contribution in [0, 0.1) is 11.3 Å². The van der Waals surface area contributed by atoms with E-state index in [0.717, 1.165) is 17.7 Å².